The second kappa shape index (κ2) is 33.4. The maximum absolute atomic E-state index is 13.7. The smallest absolute Gasteiger partial charge is 0.326 e. The van der Waals surface area contributed by atoms with Crippen LogP contribution >= 0.6 is 11.8 Å². The number of aliphatic hydroxyl groups is 2. The summed E-state index contributed by atoms with van der Waals surface area (Å²) in [7, 11) is 0. The van der Waals surface area contributed by atoms with E-state index in [4.69, 9.17) is 11.5 Å². The largest absolute Gasteiger partial charge is 0.481 e. The van der Waals surface area contributed by atoms with Gasteiger partial charge in [-0.1, -0.05) is 27.7 Å². The van der Waals surface area contributed by atoms with Crippen LogP contribution in [0.2, 0.25) is 0 Å². The summed E-state index contributed by atoms with van der Waals surface area (Å²) in [5.41, 5.74) is 11.4. The zero-order chi connectivity index (χ0) is 53.8. The van der Waals surface area contributed by atoms with Crippen molar-refractivity contribution in [3.8, 4) is 0 Å². The number of nitrogens with one attached hydrogen (secondary N) is 9. The van der Waals surface area contributed by atoms with Crippen molar-refractivity contribution >= 4 is 82.8 Å². The van der Waals surface area contributed by atoms with Gasteiger partial charge in [-0.05, 0) is 69.4 Å². The Hall–Kier alpha value is -6.17. The van der Waals surface area contributed by atoms with E-state index in [0.717, 1.165) is 6.92 Å². The number of carboxylic acids is 3. The molecular formula is C41H71N11O17S. The number of carboxylic acid groups (broad SMARTS) is 3. The molecule has 0 aromatic rings. The van der Waals surface area contributed by atoms with Gasteiger partial charge in [-0.2, -0.15) is 11.8 Å². The van der Waals surface area contributed by atoms with Crippen LogP contribution in [0.25, 0.3) is 0 Å². The summed E-state index contributed by atoms with van der Waals surface area (Å²) in [4.78, 5) is 153. The highest BCUT2D eigenvalue weighted by molar-refractivity contribution is 7.98. The predicted octanol–water partition coefficient (Wildman–Crippen LogP) is -6.07. The Labute approximate surface area is 408 Å². The summed E-state index contributed by atoms with van der Waals surface area (Å²) in [5.74, 6) is -14.1. The van der Waals surface area contributed by atoms with Crippen LogP contribution in [0, 0.1) is 11.8 Å². The minimum absolute atomic E-state index is 0.102. The SMILES string of the molecule is CSCC[C@H](NC(=O)CNC(=O)[C@@H](N)C(C)C)C(=O)NCC(=O)N[C@@H](CCC(=O)O)C(=O)N[C@@H](CCCCN)C(=O)N[C@@H](CC(=O)O)C(=O)N[C@@H](CO)C(=O)N[C@H](C(=O)N[C@H](C(=O)O)C(C)C)[C@@H](C)O. The highest BCUT2D eigenvalue weighted by atomic mass is 32.2. The topological polar surface area (TPSA) is 466 Å². The molecule has 0 saturated carbocycles. The van der Waals surface area contributed by atoms with Crippen LogP contribution in [0.1, 0.15) is 79.6 Å². The molecule has 0 aromatic carbocycles. The number of unbranched alkanes of at least 4 members (excludes halogenated alkanes) is 1. The molecule has 0 unspecified atom stereocenters. The molecule has 398 valence electrons. The van der Waals surface area contributed by atoms with E-state index in [-0.39, 0.29) is 31.7 Å². The Morgan fingerprint density at radius 3 is 1.46 bits per heavy atom. The second-order valence-corrected chi connectivity index (χ2v) is 17.7. The zero-order valence-electron chi connectivity index (χ0n) is 40.0. The van der Waals surface area contributed by atoms with Crippen molar-refractivity contribution in [2.45, 2.75) is 134 Å². The maximum Gasteiger partial charge on any atom is 0.326 e. The van der Waals surface area contributed by atoms with Crippen LogP contribution in [-0.4, -0.2) is 189 Å². The predicted molar refractivity (Wildman–Crippen MR) is 249 cm³/mol. The van der Waals surface area contributed by atoms with Crippen molar-refractivity contribution in [1.29, 1.82) is 0 Å². The van der Waals surface area contributed by atoms with E-state index in [2.05, 4.69) is 42.5 Å². The van der Waals surface area contributed by atoms with Gasteiger partial charge in [-0.15, -0.1) is 0 Å². The fourth-order valence-electron chi connectivity index (χ4n) is 5.98. The molecule has 0 aromatic heterocycles. The number of carbonyl (C=O) groups excluding carboxylic acids is 9. The highest BCUT2D eigenvalue weighted by Crippen LogP contribution is 2.08. The number of aliphatic hydroxyl groups excluding tert-OH is 2. The minimum Gasteiger partial charge on any atom is -0.481 e. The average molecular weight is 1020 g/mol. The molecule has 0 heterocycles. The summed E-state index contributed by atoms with van der Waals surface area (Å²) in [6.07, 6.45) is -1.89. The lowest BCUT2D eigenvalue weighted by atomic mass is 10.0. The number of thioether (sulfide) groups is 1. The van der Waals surface area contributed by atoms with Gasteiger partial charge in [0, 0.05) is 6.42 Å². The zero-order valence-corrected chi connectivity index (χ0v) is 40.9. The fraction of sp³-hybridized carbons (Fsp3) is 0.707. The Kier molecular flexibility index (Phi) is 30.4. The average Bonchev–Trinajstić information content (AvgIpc) is 3.28. The standard InChI is InChI=1S/C41H71N11O17S/c1-19(2)31(43)39(66)45-17-28(56)47-24(12-14-70-6)34(61)44-16-27(55)46-23(10-11-29(57)58)36(63)48-22(9-7-8-13-42)35(62)49-25(15-30(59)60)37(64)50-26(18-53)38(65)52-33(21(5)54)40(67)51-32(20(3)4)41(68)69/h19-26,31-33,53-54H,7-18,42-43H2,1-6H3,(H,44,61)(H,45,66)(H,46,55)(H,47,56)(H,48,63)(H,49,62)(H,50,64)(H,51,67)(H,52,65)(H,57,58)(H,59,60)(H,68,69)/t21-,22+,23+,24+,25+,26+,31+,32+,33+/m1/s1. The van der Waals surface area contributed by atoms with Gasteiger partial charge < -0.3 is 84.9 Å². The number of rotatable bonds is 35. The third-order valence-electron chi connectivity index (χ3n) is 10.1. The van der Waals surface area contributed by atoms with Crippen LogP contribution in [0.15, 0.2) is 0 Å². The summed E-state index contributed by atoms with van der Waals surface area (Å²) >= 11 is 1.35. The van der Waals surface area contributed by atoms with Crippen molar-refractivity contribution < 1.29 is 83.1 Å². The van der Waals surface area contributed by atoms with Crippen molar-refractivity contribution in [2.24, 2.45) is 23.3 Å². The summed E-state index contributed by atoms with van der Waals surface area (Å²) in [6, 6.07) is -12.5. The molecule has 70 heavy (non-hydrogen) atoms. The van der Waals surface area contributed by atoms with E-state index < -0.39 is 170 Å². The molecule has 0 bridgehead atoms. The Bertz CT molecular complexity index is 1820. The van der Waals surface area contributed by atoms with Gasteiger partial charge in [-0.25, -0.2) is 4.79 Å². The number of aliphatic carboxylic acids is 3. The Morgan fingerprint density at radius 1 is 0.529 bits per heavy atom. The van der Waals surface area contributed by atoms with Crippen molar-refractivity contribution in [1.82, 2.24) is 47.9 Å². The molecule has 9 amide bonds. The molecule has 18 N–H and O–H groups in total. The first-order chi connectivity index (χ1) is 32.7. The highest BCUT2D eigenvalue weighted by Gasteiger charge is 2.36. The van der Waals surface area contributed by atoms with Crippen molar-refractivity contribution in [3.05, 3.63) is 0 Å². The van der Waals surface area contributed by atoms with E-state index in [9.17, 15) is 83.1 Å². The molecule has 0 fully saturated rings. The van der Waals surface area contributed by atoms with Gasteiger partial charge in [0.2, 0.25) is 53.2 Å². The molecule has 0 aliphatic carbocycles. The first-order valence-electron chi connectivity index (χ1n) is 22.3. The van der Waals surface area contributed by atoms with E-state index >= 15 is 0 Å². The summed E-state index contributed by atoms with van der Waals surface area (Å²) in [5, 5.41) is 68.8. The van der Waals surface area contributed by atoms with Gasteiger partial charge in [0.25, 0.3) is 0 Å². The van der Waals surface area contributed by atoms with Gasteiger partial charge in [0.15, 0.2) is 0 Å². The molecule has 0 rings (SSSR count). The molecule has 0 aliphatic rings. The third kappa shape index (κ3) is 24.9. The molecule has 0 radical (unpaired) electrons. The van der Waals surface area contributed by atoms with Crippen LogP contribution in [0.3, 0.4) is 0 Å². The quantitative estimate of drug-likeness (QED) is 0.0263. The number of nitrogens with two attached hydrogens (primary N) is 2. The first-order valence-corrected chi connectivity index (χ1v) is 23.7. The normalized spacial score (nSPS) is 14.9. The van der Waals surface area contributed by atoms with Gasteiger partial charge in [0.05, 0.1) is 38.3 Å². The summed E-state index contributed by atoms with van der Waals surface area (Å²) < 4.78 is 0. The molecular weight excluding hydrogens is 951 g/mol. The Morgan fingerprint density at radius 2 is 1.00 bits per heavy atom. The first kappa shape index (κ1) is 63.8. The second-order valence-electron chi connectivity index (χ2n) is 16.7. The third-order valence-corrected chi connectivity index (χ3v) is 10.8. The lowest BCUT2D eigenvalue weighted by molar-refractivity contribution is -0.144. The Balaban J connectivity index is 6.22. The number of carbonyl (C=O) groups is 12. The monoisotopic (exact) mass is 1020 g/mol. The van der Waals surface area contributed by atoms with Gasteiger partial charge >= 0.3 is 17.9 Å². The summed E-state index contributed by atoms with van der Waals surface area (Å²) in [6.45, 7) is 5.14. The van der Waals surface area contributed by atoms with E-state index in [1.807, 2.05) is 5.32 Å². The molecule has 0 spiro atoms. The number of hydrogen-bond donors (Lipinski definition) is 16. The molecule has 29 heteroatoms. The molecule has 28 nitrogen and oxygen atoms in total. The maximum atomic E-state index is 13.7. The fourth-order valence-corrected chi connectivity index (χ4v) is 6.45. The van der Waals surface area contributed by atoms with E-state index in [1.165, 1.54) is 25.6 Å². The lowest BCUT2D eigenvalue weighted by Gasteiger charge is -2.27. The van der Waals surface area contributed by atoms with Crippen LogP contribution < -0.4 is 59.3 Å². The molecule has 9 atom stereocenters. The van der Waals surface area contributed by atoms with Crippen LogP contribution in [0.5, 0.6) is 0 Å². The van der Waals surface area contributed by atoms with Crippen LogP contribution in [0.4, 0.5) is 0 Å². The van der Waals surface area contributed by atoms with Crippen LogP contribution in [-0.2, 0) is 57.5 Å². The van der Waals surface area contributed by atoms with Crippen molar-refractivity contribution in [3.63, 3.8) is 0 Å². The molecule has 0 saturated heterocycles. The van der Waals surface area contributed by atoms with E-state index in [1.54, 1.807) is 20.1 Å². The van der Waals surface area contributed by atoms with Gasteiger partial charge in [-0.3, -0.25) is 52.7 Å². The number of amides is 9. The van der Waals surface area contributed by atoms with Crippen molar-refractivity contribution in [2.75, 3.05) is 38.2 Å². The molecule has 0 aliphatic heterocycles. The lowest BCUT2D eigenvalue weighted by Crippen LogP contribution is -2.62. The minimum atomic E-state index is -2.00. The number of hydrogen-bond acceptors (Lipinski definition) is 17. The van der Waals surface area contributed by atoms with E-state index in [0.29, 0.717) is 12.2 Å². The van der Waals surface area contributed by atoms with Gasteiger partial charge in [0.1, 0.15) is 42.3 Å².